The van der Waals surface area contributed by atoms with Crippen molar-refractivity contribution in [1.82, 2.24) is 4.90 Å². The van der Waals surface area contributed by atoms with Crippen LogP contribution in [-0.4, -0.2) is 56.9 Å². The molecular weight excluding hydrogens is 244 g/mol. The Morgan fingerprint density at radius 3 is 1.89 bits per heavy atom. The lowest BCUT2D eigenvalue weighted by Crippen LogP contribution is -2.48. The molecule has 0 aromatic carbocycles. The third kappa shape index (κ3) is 6.36. The molecule has 0 fully saturated rings. The van der Waals surface area contributed by atoms with Gasteiger partial charge in [0.25, 0.3) is 0 Å². The lowest BCUT2D eigenvalue weighted by molar-refractivity contribution is -0.142. The van der Waals surface area contributed by atoms with Crippen LogP contribution in [0.2, 0.25) is 0 Å². The summed E-state index contributed by atoms with van der Waals surface area (Å²) in [5.41, 5.74) is 5.27. The molecule has 1 amide bonds. The molecule has 1 unspecified atom stereocenters. The molecule has 19 heavy (non-hydrogen) atoms. The van der Waals surface area contributed by atoms with Crippen LogP contribution in [0.4, 0.5) is 0 Å². The summed E-state index contributed by atoms with van der Waals surface area (Å²) in [6.07, 6.45) is 0.738. The number of hydrogen-bond donors (Lipinski definition) is 1. The van der Waals surface area contributed by atoms with Crippen LogP contribution in [0.25, 0.3) is 0 Å². The van der Waals surface area contributed by atoms with E-state index in [2.05, 4.69) is 0 Å². The Morgan fingerprint density at radius 1 is 1.11 bits per heavy atom. The second-order valence-electron chi connectivity index (χ2n) is 4.80. The maximum absolute atomic E-state index is 12.6. The highest BCUT2D eigenvalue weighted by molar-refractivity contribution is 5.82. The molecule has 0 rings (SSSR count). The standard InChI is InChI=1S/C14H30N2O3/c1-5-14(4,12-15)13(17)16(8-10-18-6-2)9-11-19-7-3/h5-12,15H2,1-4H3. The SMILES string of the molecule is CCOCCN(CCOCC)C(=O)C(C)(CC)CN. The number of hydrogen-bond acceptors (Lipinski definition) is 4. The van der Waals surface area contributed by atoms with Gasteiger partial charge in [-0.2, -0.15) is 0 Å². The second-order valence-corrected chi connectivity index (χ2v) is 4.80. The molecule has 2 N–H and O–H groups in total. The third-order valence-corrected chi connectivity index (χ3v) is 3.45. The minimum atomic E-state index is -0.488. The summed E-state index contributed by atoms with van der Waals surface area (Å²) in [5, 5.41) is 0. The monoisotopic (exact) mass is 274 g/mol. The molecule has 0 aliphatic rings. The van der Waals surface area contributed by atoms with E-state index in [1.807, 2.05) is 32.6 Å². The van der Waals surface area contributed by atoms with Crippen LogP contribution in [0.3, 0.4) is 0 Å². The van der Waals surface area contributed by atoms with Crippen molar-refractivity contribution in [3.63, 3.8) is 0 Å². The quantitative estimate of drug-likeness (QED) is 0.576. The first-order valence-corrected chi connectivity index (χ1v) is 7.20. The van der Waals surface area contributed by atoms with Gasteiger partial charge in [-0.15, -0.1) is 0 Å². The highest BCUT2D eigenvalue weighted by atomic mass is 16.5. The molecule has 0 saturated carbocycles. The van der Waals surface area contributed by atoms with Crippen LogP contribution >= 0.6 is 0 Å². The van der Waals surface area contributed by atoms with Gasteiger partial charge < -0.3 is 20.1 Å². The fourth-order valence-corrected chi connectivity index (χ4v) is 1.72. The van der Waals surface area contributed by atoms with Crippen molar-refractivity contribution in [3.8, 4) is 0 Å². The van der Waals surface area contributed by atoms with Gasteiger partial charge in [0.15, 0.2) is 0 Å². The molecule has 0 aliphatic heterocycles. The maximum atomic E-state index is 12.6. The Morgan fingerprint density at radius 2 is 1.58 bits per heavy atom. The fraction of sp³-hybridized carbons (Fsp3) is 0.929. The molecule has 0 heterocycles. The number of ether oxygens (including phenoxy) is 2. The molecule has 5 nitrogen and oxygen atoms in total. The molecule has 0 aliphatic carbocycles. The van der Waals surface area contributed by atoms with Crippen molar-refractivity contribution in [2.45, 2.75) is 34.1 Å². The predicted octanol–water partition coefficient (Wildman–Crippen LogP) is 1.26. The average Bonchev–Trinajstić information content (AvgIpc) is 2.44. The maximum Gasteiger partial charge on any atom is 0.229 e. The number of nitrogens with two attached hydrogens (primary N) is 1. The number of amides is 1. The molecule has 114 valence electrons. The van der Waals surface area contributed by atoms with Gasteiger partial charge in [0.1, 0.15) is 0 Å². The topological polar surface area (TPSA) is 64.8 Å². The minimum Gasteiger partial charge on any atom is -0.380 e. The molecule has 0 saturated heterocycles. The summed E-state index contributed by atoms with van der Waals surface area (Å²) < 4.78 is 10.7. The van der Waals surface area contributed by atoms with E-state index in [0.29, 0.717) is 46.1 Å². The highest BCUT2D eigenvalue weighted by Gasteiger charge is 2.33. The highest BCUT2D eigenvalue weighted by Crippen LogP contribution is 2.22. The number of rotatable bonds is 11. The van der Waals surface area contributed by atoms with Gasteiger partial charge in [0, 0.05) is 32.8 Å². The van der Waals surface area contributed by atoms with Gasteiger partial charge in [-0.05, 0) is 27.2 Å². The zero-order valence-corrected chi connectivity index (χ0v) is 12.9. The molecule has 0 aromatic rings. The first-order chi connectivity index (χ1) is 9.05. The number of nitrogens with zero attached hydrogens (tertiary/aromatic N) is 1. The van der Waals surface area contributed by atoms with Crippen LogP contribution in [0, 0.1) is 5.41 Å². The summed E-state index contributed by atoms with van der Waals surface area (Å²) >= 11 is 0. The largest absolute Gasteiger partial charge is 0.380 e. The minimum absolute atomic E-state index is 0.0944. The molecule has 1 atom stereocenters. The number of carbonyl (C=O) groups is 1. The average molecular weight is 274 g/mol. The van der Waals surface area contributed by atoms with Gasteiger partial charge in [0.05, 0.1) is 18.6 Å². The van der Waals surface area contributed by atoms with Crippen molar-refractivity contribution in [3.05, 3.63) is 0 Å². The Kier molecular flexibility index (Phi) is 9.83. The van der Waals surface area contributed by atoms with E-state index in [4.69, 9.17) is 15.2 Å². The van der Waals surface area contributed by atoms with E-state index in [1.54, 1.807) is 0 Å². The summed E-state index contributed by atoms with van der Waals surface area (Å²) in [7, 11) is 0. The Balaban J connectivity index is 4.55. The normalized spacial score (nSPS) is 14.2. The Labute approximate surface area is 117 Å². The molecule has 0 spiro atoms. The molecule has 0 bridgehead atoms. The first-order valence-electron chi connectivity index (χ1n) is 7.20. The van der Waals surface area contributed by atoms with Crippen LogP contribution in [0.5, 0.6) is 0 Å². The summed E-state index contributed by atoms with van der Waals surface area (Å²) in [6, 6.07) is 0. The van der Waals surface area contributed by atoms with Gasteiger partial charge in [-0.1, -0.05) is 6.92 Å². The summed E-state index contributed by atoms with van der Waals surface area (Å²) in [6.45, 7) is 11.8. The van der Waals surface area contributed by atoms with Crippen molar-refractivity contribution in [2.75, 3.05) is 46.1 Å². The van der Waals surface area contributed by atoms with Crippen LogP contribution in [-0.2, 0) is 14.3 Å². The van der Waals surface area contributed by atoms with Gasteiger partial charge in [-0.25, -0.2) is 0 Å². The van der Waals surface area contributed by atoms with Crippen LogP contribution in [0.15, 0.2) is 0 Å². The Bertz CT molecular complexity index is 233. The van der Waals surface area contributed by atoms with Gasteiger partial charge in [0.2, 0.25) is 5.91 Å². The second kappa shape index (κ2) is 10.2. The van der Waals surface area contributed by atoms with Crippen molar-refractivity contribution < 1.29 is 14.3 Å². The molecule has 0 aromatic heterocycles. The van der Waals surface area contributed by atoms with E-state index in [1.165, 1.54) is 0 Å². The van der Waals surface area contributed by atoms with E-state index >= 15 is 0 Å². The molecular formula is C14H30N2O3. The summed E-state index contributed by atoms with van der Waals surface area (Å²) in [5.74, 6) is 0.0944. The number of carbonyl (C=O) groups excluding carboxylic acids is 1. The third-order valence-electron chi connectivity index (χ3n) is 3.45. The first kappa shape index (κ1) is 18.4. The smallest absolute Gasteiger partial charge is 0.229 e. The summed E-state index contributed by atoms with van der Waals surface area (Å²) in [4.78, 5) is 14.4. The zero-order chi connectivity index (χ0) is 14.7. The van der Waals surface area contributed by atoms with Gasteiger partial charge in [-0.3, -0.25) is 4.79 Å². The lowest BCUT2D eigenvalue weighted by Gasteiger charge is -2.33. The lowest BCUT2D eigenvalue weighted by atomic mass is 9.86. The van der Waals surface area contributed by atoms with E-state index in [9.17, 15) is 4.79 Å². The fourth-order valence-electron chi connectivity index (χ4n) is 1.72. The molecule has 0 radical (unpaired) electrons. The van der Waals surface area contributed by atoms with E-state index < -0.39 is 5.41 Å². The van der Waals surface area contributed by atoms with E-state index in [0.717, 1.165) is 6.42 Å². The predicted molar refractivity (Wildman–Crippen MR) is 77.0 cm³/mol. The van der Waals surface area contributed by atoms with Crippen molar-refractivity contribution in [1.29, 1.82) is 0 Å². The van der Waals surface area contributed by atoms with E-state index in [-0.39, 0.29) is 5.91 Å². The Hall–Kier alpha value is -0.650. The van der Waals surface area contributed by atoms with Crippen LogP contribution in [0.1, 0.15) is 34.1 Å². The zero-order valence-electron chi connectivity index (χ0n) is 12.9. The van der Waals surface area contributed by atoms with Crippen molar-refractivity contribution >= 4 is 5.91 Å². The van der Waals surface area contributed by atoms with Crippen LogP contribution < -0.4 is 5.73 Å². The van der Waals surface area contributed by atoms with Gasteiger partial charge >= 0.3 is 0 Å². The molecule has 5 heteroatoms. The van der Waals surface area contributed by atoms with Crippen molar-refractivity contribution in [2.24, 2.45) is 11.1 Å².